The summed E-state index contributed by atoms with van der Waals surface area (Å²) in [6.45, 7) is 4.45. The molecule has 0 aromatic rings. The maximum absolute atomic E-state index is 11.7. The fourth-order valence-electron chi connectivity index (χ4n) is 2.38. The van der Waals surface area contributed by atoms with Crippen molar-refractivity contribution in [2.75, 3.05) is 32.7 Å². The lowest BCUT2D eigenvalue weighted by Gasteiger charge is -2.26. The van der Waals surface area contributed by atoms with Gasteiger partial charge < -0.3 is 15.5 Å². The highest BCUT2D eigenvalue weighted by Gasteiger charge is 2.20. The molecular formula is C13H22N4O2. The van der Waals surface area contributed by atoms with E-state index in [2.05, 4.69) is 15.5 Å². The molecular weight excluding hydrogens is 244 g/mol. The van der Waals surface area contributed by atoms with Gasteiger partial charge in [-0.15, -0.1) is 0 Å². The summed E-state index contributed by atoms with van der Waals surface area (Å²) in [5.41, 5.74) is 0. The Hall–Kier alpha value is -1.56. The fourth-order valence-corrected chi connectivity index (χ4v) is 2.38. The van der Waals surface area contributed by atoms with E-state index in [9.17, 15) is 9.59 Å². The Labute approximate surface area is 113 Å². The molecule has 19 heavy (non-hydrogen) atoms. The number of carbonyl (C=O) groups excluding carboxylic acids is 2. The summed E-state index contributed by atoms with van der Waals surface area (Å²) in [5, 5.41) is 5.36. The number of hydrogen-bond donors (Lipinski definition) is 2. The van der Waals surface area contributed by atoms with Gasteiger partial charge in [-0.2, -0.15) is 0 Å². The van der Waals surface area contributed by atoms with Crippen LogP contribution in [0.1, 0.15) is 25.7 Å². The van der Waals surface area contributed by atoms with Gasteiger partial charge in [0.15, 0.2) is 0 Å². The van der Waals surface area contributed by atoms with Crippen molar-refractivity contribution in [3.63, 3.8) is 0 Å². The number of rotatable bonds is 4. The lowest BCUT2D eigenvalue weighted by Crippen LogP contribution is -2.48. The third-order valence-corrected chi connectivity index (χ3v) is 3.44. The highest BCUT2D eigenvalue weighted by Crippen LogP contribution is 2.08. The first kappa shape index (κ1) is 13.9. The molecule has 0 radical (unpaired) electrons. The van der Waals surface area contributed by atoms with E-state index in [-0.39, 0.29) is 12.1 Å². The first-order valence-electron chi connectivity index (χ1n) is 7.01. The fraction of sp³-hybridized carbons (Fsp3) is 0.692. The molecule has 0 aromatic carbocycles. The topological polar surface area (TPSA) is 64.7 Å². The van der Waals surface area contributed by atoms with Crippen LogP contribution < -0.4 is 10.6 Å². The molecule has 6 heteroatoms. The molecule has 4 amide bonds. The highest BCUT2D eigenvalue weighted by molar-refractivity contribution is 5.95. The van der Waals surface area contributed by atoms with E-state index in [0.29, 0.717) is 13.1 Å². The molecule has 1 saturated heterocycles. The maximum Gasteiger partial charge on any atom is 0.329 e. The summed E-state index contributed by atoms with van der Waals surface area (Å²) in [5.74, 6) is 0. The lowest BCUT2D eigenvalue weighted by atomic mass is 10.1. The molecule has 1 fully saturated rings. The largest absolute Gasteiger partial charge is 0.337 e. The van der Waals surface area contributed by atoms with Gasteiger partial charge in [-0.25, -0.2) is 14.5 Å². The number of piperidine rings is 1. The Kier molecular flexibility index (Phi) is 5.20. The zero-order chi connectivity index (χ0) is 13.5. The first-order chi connectivity index (χ1) is 9.27. The number of imide groups is 1. The number of amides is 4. The molecule has 0 atom stereocenters. The van der Waals surface area contributed by atoms with Gasteiger partial charge in [0, 0.05) is 19.3 Å². The summed E-state index contributed by atoms with van der Waals surface area (Å²) in [7, 11) is 0. The minimum atomic E-state index is -0.365. The van der Waals surface area contributed by atoms with Crippen molar-refractivity contribution >= 4 is 12.1 Å². The number of nitrogens with zero attached hydrogens (tertiary/aromatic N) is 2. The Morgan fingerprint density at radius 3 is 2.84 bits per heavy atom. The molecule has 106 valence electrons. The van der Waals surface area contributed by atoms with Gasteiger partial charge >= 0.3 is 12.1 Å². The average molecular weight is 266 g/mol. The van der Waals surface area contributed by atoms with Crippen molar-refractivity contribution < 1.29 is 9.59 Å². The van der Waals surface area contributed by atoms with E-state index in [1.54, 1.807) is 6.08 Å². The predicted octanol–water partition coefficient (Wildman–Crippen LogP) is 1.11. The first-order valence-corrected chi connectivity index (χ1v) is 7.01. The zero-order valence-electron chi connectivity index (χ0n) is 11.2. The van der Waals surface area contributed by atoms with Crippen LogP contribution in [0.2, 0.25) is 0 Å². The number of likely N-dealkylation sites (tertiary alicyclic amines) is 1. The van der Waals surface area contributed by atoms with Crippen molar-refractivity contribution in [2.24, 2.45) is 0 Å². The number of nitrogens with one attached hydrogen (secondary N) is 2. The molecule has 0 unspecified atom stereocenters. The Bertz CT molecular complexity index is 351. The van der Waals surface area contributed by atoms with Crippen molar-refractivity contribution in [1.82, 2.24) is 20.4 Å². The SMILES string of the molecule is O=C1NCC=CN1C(=O)NCCCN1CCCCC1. The molecule has 2 N–H and O–H groups in total. The minimum Gasteiger partial charge on any atom is -0.337 e. The van der Waals surface area contributed by atoms with Crippen molar-refractivity contribution in [1.29, 1.82) is 0 Å². The standard InChI is InChI=1S/C13H22N4O2/c18-12(17-11-5-7-15-13(17)19)14-6-4-10-16-8-2-1-3-9-16/h5,11H,1-4,6-10H2,(H,14,18)(H,15,19). The van der Waals surface area contributed by atoms with E-state index in [1.807, 2.05) is 0 Å². The molecule has 0 saturated carbocycles. The molecule has 0 bridgehead atoms. The molecule has 0 aliphatic carbocycles. The average Bonchev–Trinajstić information content (AvgIpc) is 2.45. The van der Waals surface area contributed by atoms with Crippen molar-refractivity contribution in [3.8, 4) is 0 Å². The van der Waals surface area contributed by atoms with E-state index in [0.717, 1.165) is 17.9 Å². The van der Waals surface area contributed by atoms with Gasteiger partial charge in [0.05, 0.1) is 0 Å². The van der Waals surface area contributed by atoms with Crippen LogP contribution in [0, 0.1) is 0 Å². The Balaban J connectivity index is 1.62. The second kappa shape index (κ2) is 7.13. The monoisotopic (exact) mass is 266 g/mol. The second-order valence-corrected chi connectivity index (χ2v) is 4.93. The summed E-state index contributed by atoms with van der Waals surface area (Å²) in [4.78, 5) is 26.7. The lowest BCUT2D eigenvalue weighted by molar-refractivity contribution is 0.197. The van der Waals surface area contributed by atoms with Gasteiger partial charge in [0.1, 0.15) is 0 Å². The van der Waals surface area contributed by atoms with Gasteiger partial charge in [0.25, 0.3) is 0 Å². The molecule has 2 aliphatic heterocycles. The van der Waals surface area contributed by atoms with Crippen molar-refractivity contribution in [2.45, 2.75) is 25.7 Å². The van der Waals surface area contributed by atoms with E-state index < -0.39 is 0 Å². The Morgan fingerprint density at radius 2 is 2.11 bits per heavy atom. The zero-order valence-corrected chi connectivity index (χ0v) is 11.2. The van der Waals surface area contributed by atoms with E-state index >= 15 is 0 Å². The number of hydrogen-bond acceptors (Lipinski definition) is 3. The van der Waals surface area contributed by atoms with E-state index in [4.69, 9.17) is 0 Å². The van der Waals surface area contributed by atoms with Crippen molar-refractivity contribution in [3.05, 3.63) is 12.3 Å². The van der Waals surface area contributed by atoms with Crippen LogP contribution in [0.15, 0.2) is 12.3 Å². The predicted molar refractivity (Wildman–Crippen MR) is 72.7 cm³/mol. The summed E-state index contributed by atoms with van der Waals surface area (Å²) in [6.07, 6.45) is 8.08. The number of carbonyl (C=O) groups is 2. The molecule has 2 heterocycles. The van der Waals surface area contributed by atoms with Crippen LogP contribution in [0.25, 0.3) is 0 Å². The van der Waals surface area contributed by atoms with Crippen LogP contribution in [0.5, 0.6) is 0 Å². The molecule has 2 rings (SSSR count). The smallest absolute Gasteiger partial charge is 0.329 e. The third kappa shape index (κ3) is 4.24. The molecule has 6 nitrogen and oxygen atoms in total. The number of urea groups is 2. The second-order valence-electron chi connectivity index (χ2n) is 4.93. The summed E-state index contributed by atoms with van der Waals surface area (Å²) >= 11 is 0. The van der Waals surface area contributed by atoms with Crippen LogP contribution >= 0.6 is 0 Å². The summed E-state index contributed by atoms with van der Waals surface area (Å²) < 4.78 is 0. The molecule has 0 aromatic heterocycles. The minimum absolute atomic E-state index is 0.355. The molecule has 2 aliphatic rings. The van der Waals surface area contributed by atoms with Gasteiger partial charge in [-0.05, 0) is 45.0 Å². The maximum atomic E-state index is 11.7. The van der Waals surface area contributed by atoms with Crippen LogP contribution in [0.4, 0.5) is 9.59 Å². The van der Waals surface area contributed by atoms with Gasteiger partial charge in [0.2, 0.25) is 0 Å². The van der Waals surface area contributed by atoms with E-state index in [1.165, 1.54) is 38.6 Å². The summed E-state index contributed by atoms with van der Waals surface area (Å²) in [6, 6.07) is -0.719. The van der Waals surface area contributed by atoms with Gasteiger partial charge in [-0.3, -0.25) is 0 Å². The highest BCUT2D eigenvalue weighted by atomic mass is 16.2. The Morgan fingerprint density at radius 1 is 1.32 bits per heavy atom. The third-order valence-electron chi connectivity index (χ3n) is 3.44. The van der Waals surface area contributed by atoms with Crippen LogP contribution in [-0.2, 0) is 0 Å². The van der Waals surface area contributed by atoms with Crippen LogP contribution in [0.3, 0.4) is 0 Å². The van der Waals surface area contributed by atoms with Crippen LogP contribution in [-0.4, -0.2) is 54.6 Å². The molecule has 0 spiro atoms. The normalized spacial score (nSPS) is 20.2. The quantitative estimate of drug-likeness (QED) is 0.749. The van der Waals surface area contributed by atoms with Gasteiger partial charge in [-0.1, -0.05) is 6.42 Å².